The van der Waals surface area contributed by atoms with E-state index in [9.17, 15) is 22.8 Å². The third kappa shape index (κ3) is 6.28. The number of benzene rings is 2. The Kier molecular flexibility index (Phi) is 7.29. The maximum absolute atomic E-state index is 13.1. The lowest BCUT2D eigenvalue weighted by molar-refractivity contribution is -0.137. The number of hydrogen-bond donors (Lipinski definition) is 2. The molecule has 2 amide bonds. The molecule has 1 heterocycles. The number of carbonyl (C=O) groups is 2. The number of nitrogens with one attached hydrogen (secondary N) is 2. The highest BCUT2D eigenvalue weighted by molar-refractivity contribution is 5.95. The predicted molar refractivity (Wildman–Crippen MR) is 113 cm³/mol. The van der Waals surface area contributed by atoms with E-state index in [1.54, 1.807) is 6.92 Å². The summed E-state index contributed by atoms with van der Waals surface area (Å²) in [5.74, 6) is -0.610. The first-order valence-electron chi connectivity index (χ1n) is 10.0. The minimum absolute atomic E-state index is 0.116. The van der Waals surface area contributed by atoms with Crippen molar-refractivity contribution in [3.63, 3.8) is 0 Å². The molecule has 2 aromatic rings. The molecule has 0 saturated carbocycles. The normalized spacial score (nSPS) is 16.5. The highest BCUT2D eigenvalue weighted by Crippen LogP contribution is 2.34. The van der Waals surface area contributed by atoms with Crippen molar-refractivity contribution in [2.75, 3.05) is 43.4 Å². The van der Waals surface area contributed by atoms with Crippen LogP contribution in [0.25, 0.3) is 0 Å². The van der Waals surface area contributed by atoms with Crippen LogP contribution in [0.4, 0.5) is 24.5 Å². The first-order chi connectivity index (χ1) is 14.7. The van der Waals surface area contributed by atoms with Crippen LogP contribution < -0.4 is 10.6 Å². The molecule has 1 saturated heterocycles. The number of nitrogens with zero attached hydrogens (tertiary/aromatic N) is 2. The number of piperazine rings is 1. The smallest absolute Gasteiger partial charge is 0.325 e. The van der Waals surface area contributed by atoms with Crippen LogP contribution in [0.1, 0.15) is 12.5 Å². The van der Waals surface area contributed by atoms with Crippen molar-refractivity contribution in [1.82, 2.24) is 9.80 Å². The lowest BCUT2D eigenvalue weighted by Gasteiger charge is -2.37. The average Bonchev–Trinajstić information content (AvgIpc) is 2.74. The Hall–Kier alpha value is -2.91. The SMILES string of the molecule is CC(C(=O)Nc1ccccc1C(F)(F)F)N1CCN(CC(=O)Nc2ccccc2)CC1. The number of hydrogen-bond acceptors (Lipinski definition) is 4. The second-order valence-corrected chi connectivity index (χ2v) is 7.43. The summed E-state index contributed by atoms with van der Waals surface area (Å²) in [6.07, 6.45) is -4.54. The van der Waals surface area contributed by atoms with Crippen LogP contribution in [0, 0.1) is 0 Å². The Morgan fingerprint density at radius 3 is 2.19 bits per heavy atom. The number of para-hydroxylation sites is 2. The molecule has 0 aliphatic carbocycles. The van der Waals surface area contributed by atoms with Crippen molar-refractivity contribution in [2.45, 2.75) is 19.1 Å². The highest BCUT2D eigenvalue weighted by atomic mass is 19.4. The molecule has 1 aliphatic heterocycles. The Morgan fingerprint density at radius 1 is 0.935 bits per heavy atom. The van der Waals surface area contributed by atoms with Gasteiger partial charge in [0.25, 0.3) is 0 Å². The van der Waals surface area contributed by atoms with E-state index >= 15 is 0 Å². The Balaban J connectivity index is 1.49. The van der Waals surface area contributed by atoms with Gasteiger partial charge in [-0.3, -0.25) is 19.4 Å². The van der Waals surface area contributed by atoms with E-state index < -0.39 is 23.7 Å². The molecule has 1 aliphatic rings. The molecule has 3 rings (SSSR count). The number of anilines is 2. The first kappa shape index (κ1) is 22.8. The maximum atomic E-state index is 13.1. The maximum Gasteiger partial charge on any atom is 0.418 e. The fraction of sp³-hybridized carbons (Fsp3) is 0.364. The molecule has 1 atom stereocenters. The second kappa shape index (κ2) is 9.93. The summed E-state index contributed by atoms with van der Waals surface area (Å²) in [5.41, 5.74) is -0.386. The molecule has 9 heteroatoms. The highest BCUT2D eigenvalue weighted by Gasteiger charge is 2.34. The van der Waals surface area contributed by atoms with E-state index in [0.29, 0.717) is 26.2 Å². The molecule has 2 aromatic carbocycles. The Morgan fingerprint density at radius 2 is 1.55 bits per heavy atom. The summed E-state index contributed by atoms with van der Waals surface area (Å²) < 4.78 is 39.4. The summed E-state index contributed by atoms with van der Waals surface area (Å²) in [6.45, 7) is 4.14. The van der Waals surface area contributed by atoms with E-state index in [0.717, 1.165) is 11.8 Å². The molecule has 0 aromatic heterocycles. The van der Waals surface area contributed by atoms with Crippen molar-refractivity contribution < 1.29 is 22.8 Å². The zero-order valence-corrected chi connectivity index (χ0v) is 17.2. The molecule has 6 nitrogen and oxygen atoms in total. The molecule has 31 heavy (non-hydrogen) atoms. The molecular weight excluding hydrogens is 409 g/mol. The Bertz CT molecular complexity index is 897. The number of carbonyl (C=O) groups excluding carboxylic acids is 2. The third-order valence-electron chi connectivity index (χ3n) is 5.25. The van der Waals surface area contributed by atoms with E-state index in [-0.39, 0.29) is 18.1 Å². The number of alkyl halides is 3. The van der Waals surface area contributed by atoms with Gasteiger partial charge < -0.3 is 10.6 Å². The van der Waals surface area contributed by atoms with E-state index in [1.807, 2.05) is 40.1 Å². The van der Waals surface area contributed by atoms with Crippen LogP contribution in [0.2, 0.25) is 0 Å². The van der Waals surface area contributed by atoms with Gasteiger partial charge in [0.1, 0.15) is 0 Å². The monoisotopic (exact) mass is 434 g/mol. The van der Waals surface area contributed by atoms with Crippen LogP contribution in [0.15, 0.2) is 54.6 Å². The summed E-state index contributed by atoms with van der Waals surface area (Å²) in [5, 5.41) is 5.24. The lowest BCUT2D eigenvalue weighted by Crippen LogP contribution is -2.53. The summed E-state index contributed by atoms with van der Waals surface area (Å²) in [4.78, 5) is 28.6. The molecule has 0 spiro atoms. The van der Waals surface area contributed by atoms with Crippen LogP contribution in [-0.2, 0) is 15.8 Å². The first-order valence-corrected chi connectivity index (χ1v) is 10.0. The lowest BCUT2D eigenvalue weighted by atomic mass is 10.1. The summed E-state index contributed by atoms with van der Waals surface area (Å²) in [6, 6.07) is 13.5. The molecule has 166 valence electrons. The standard InChI is InChI=1S/C22H25F3N4O2/c1-16(21(31)27-19-10-6-5-9-18(19)22(23,24)25)29-13-11-28(12-14-29)15-20(30)26-17-7-3-2-4-8-17/h2-10,16H,11-15H2,1H3,(H,26,30)(H,27,31). The number of rotatable bonds is 6. The van der Waals surface area contributed by atoms with Crippen LogP contribution in [0.3, 0.4) is 0 Å². The van der Waals surface area contributed by atoms with Crippen molar-refractivity contribution in [3.05, 3.63) is 60.2 Å². The zero-order valence-electron chi connectivity index (χ0n) is 17.2. The van der Waals surface area contributed by atoms with E-state index in [4.69, 9.17) is 0 Å². The molecule has 1 unspecified atom stereocenters. The molecular formula is C22H25F3N4O2. The largest absolute Gasteiger partial charge is 0.418 e. The van der Waals surface area contributed by atoms with E-state index in [2.05, 4.69) is 10.6 Å². The van der Waals surface area contributed by atoms with Gasteiger partial charge in [-0.2, -0.15) is 13.2 Å². The van der Waals surface area contributed by atoms with Crippen molar-refractivity contribution >= 4 is 23.2 Å². The minimum Gasteiger partial charge on any atom is -0.325 e. The predicted octanol–water partition coefficient (Wildman–Crippen LogP) is 3.29. The van der Waals surface area contributed by atoms with Crippen molar-refractivity contribution in [2.24, 2.45) is 0 Å². The summed E-state index contributed by atoms with van der Waals surface area (Å²) in [7, 11) is 0. The number of halogens is 3. The van der Waals surface area contributed by atoms with Gasteiger partial charge in [0.05, 0.1) is 23.8 Å². The van der Waals surface area contributed by atoms with Gasteiger partial charge in [0.15, 0.2) is 0 Å². The van der Waals surface area contributed by atoms with Gasteiger partial charge in [-0.05, 0) is 31.2 Å². The number of amides is 2. The topological polar surface area (TPSA) is 64.7 Å². The van der Waals surface area contributed by atoms with Gasteiger partial charge in [-0.1, -0.05) is 30.3 Å². The molecule has 0 radical (unpaired) electrons. The third-order valence-corrected chi connectivity index (χ3v) is 5.25. The fourth-order valence-electron chi connectivity index (χ4n) is 3.48. The van der Waals surface area contributed by atoms with Gasteiger partial charge in [-0.25, -0.2) is 0 Å². The quantitative estimate of drug-likeness (QED) is 0.733. The second-order valence-electron chi connectivity index (χ2n) is 7.43. The van der Waals surface area contributed by atoms with Crippen LogP contribution in [0.5, 0.6) is 0 Å². The van der Waals surface area contributed by atoms with Crippen molar-refractivity contribution in [3.8, 4) is 0 Å². The minimum atomic E-state index is -4.54. The molecule has 0 bridgehead atoms. The average molecular weight is 434 g/mol. The van der Waals surface area contributed by atoms with E-state index in [1.165, 1.54) is 18.2 Å². The van der Waals surface area contributed by atoms with Crippen LogP contribution >= 0.6 is 0 Å². The van der Waals surface area contributed by atoms with Gasteiger partial charge in [0.2, 0.25) is 11.8 Å². The van der Waals surface area contributed by atoms with Gasteiger partial charge in [0, 0.05) is 31.9 Å². The zero-order chi connectivity index (χ0) is 22.4. The molecule has 2 N–H and O–H groups in total. The van der Waals surface area contributed by atoms with Crippen LogP contribution in [-0.4, -0.2) is 60.4 Å². The summed E-state index contributed by atoms with van der Waals surface area (Å²) >= 11 is 0. The molecule has 1 fully saturated rings. The van der Waals surface area contributed by atoms with Gasteiger partial charge >= 0.3 is 6.18 Å². The Labute approximate surface area is 179 Å². The fourth-order valence-corrected chi connectivity index (χ4v) is 3.48. The van der Waals surface area contributed by atoms with Crippen molar-refractivity contribution in [1.29, 1.82) is 0 Å². The van der Waals surface area contributed by atoms with Gasteiger partial charge in [-0.15, -0.1) is 0 Å².